The van der Waals surface area contributed by atoms with Gasteiger partial charge in [0.15, 0.2) is 0 Å². The van der Waals surface area contributed by atoms with Crippen LogP contribution in [-0.2, 0) is 0 Å². The fourth-order valence-corrected chi connectivity index (χ4v) is 2.94. The monoisotopic (exact) mass is 283 g/mol. The normalized spacial score (nSPS) is 12.7. The molecule has 1 unspecified atom stereocenters. The lowest BCUT2D eigenvalue weighted by atomic mass is 10.1. The van der Waals surface area contributed by atoms with E-state index in [0.29, 0.717) is 0 Å². The molecular weight excluding hydrogens is 274 g/mol. The number of hydrogen-bond donors (Lipinski definition) is 1. The molecule has 0 spiro atoms. The maximum Gasteiger partial charge on any atom is 0.106 e. The van der Waals surface area contributed by atoms with Gasteiger partial charge in [-0.2, -0.15) is 11.3 Å². The van der Waals surface area contributed by atoms with Crippen LogP contribution >= 0.6 is 27.3 Å². The summed E-state index contributed by atoms with van der Waals surface area (Å²) in [6.07, 6.45) is 1.14. The standard InChI is InChI=1S/C11H10BrNOS/c1-7-4-8(2-3-13-7)11(14)9-5-15-6-10(9)12/h2-6,11,14H,1H3. The smallest absolute Gasteiger partial charge is 0.106 e. The molecule has 0 aliphatic heterocycles. The lowest BCUT2D eigenvalue weighted by Crippen LogP contribution is -1.99. The van der Waals surface area contributed by atoms with E-state index < -0.39 is 6.10 Å². The number of aromatic nitrogens is 1. The van der Waals surface area contributed by atoms with Crippen LogP contribution < -0.4 is 0 Å². The zero-order chi connectivity index (χ0) is 10.8. The molecule has 0 aliphatic carbocycles. The van der Waals surface area contributed by atoms with Gasteiger partial charge >= 0.3 is 0 Å². The van der Waals surface area contributed by atoms with Crippen molar-refractivity contribution >= 4 is 27.3 Å². The molecule has 1 N–H and O–H groups in total. The van der Waals surface area contributed by atoms with Gasteiger partial charge in [-0.25, -0.2) is 0 Å². The van der Waals surface area contributed by atoms with Crippen molar-refractivity contribution in [3.63, 3.8) is 0 Å². The molecule has 0 aliphatic rings. The zero-order valence-electron chi connectivity index (χ0n) is 8.14. The molecule has 0 radical (unpaired) electrons. The Morgan fingerprint density at radius 3 is 2.87 bits per heavy atom. The second-order valence-electron chi connectivity index (χ2n) is 3.31. The molecule has 0 fully saturated rings. The summed E-state index contributed by atoms with van der Waals surface area (Å²) in [7, 11) is 0. The average Bonchev–Trinajstić information content (AvgIpc) is 2.63. The maximum absolute atomic E-state index is 10.1. The Morgan fingerprint density at radius 1 is 1.47 bits per heavy atom. The Morgan fingerprint density at radius 2 is 2.27 bits per heavy atom. The highest BCUT2D eigenvalue weighted by Crippen LogP contribution is 2.31. The van der Waals surface area contributed by atoms with Gasteiger partial charge in [-0.1, -0.05) is 0 Å². The van der Waals surface area contributed by atoms with Crippen LogP contribution in [0.2, 0.25) is 0 Å². The minimum absolute atomic E-state index is 0.577. The molecule has 2 nitrogen and oxygen atoms in total. The summed E-state index contributed by atoms with van der Waals surface area (Å²) in [5.41, 5.74) is 2.70. The Kier molecular flexibility index (Phi) is 3.19. The second kappa shape index (κ2) is 4.43. The first-order valence-corrected chi connectivity index (χ1v) is 6.24. The Bertz CT molecular complexity index is 469. The molecule has 0 amide bonds. The highest BCUT2D eigenvalue weighted by Gasteiger charge is 2.14. The fraction of sp³-hybridized carbons (Fsp3) is 0.182. The Hall–Kier alpha value is -0.710. The van der Waals surface area contributed by atoms with E-state index in [9.17, 15) is 5.11 Å². The summed E-state index contributed by atoms with van der Waals surface area (Å²) >= 11 is 4.99. The molecule has 4 heteroatoms. The second-order valence-corrected chi connectivity index (χ2v) is 4.91. The molecule has 15 heavy (non-hydrogen) atoms. The number of nitrogens with zero attached hydrogens (tertiary/aromatic N) is 1. The van der Waals surface area contributed by atoms with Crippen molar-refractivity contribution in [1.82, 2.24) is 4.98 Å². The van der Waals surface area contributed by atoms with Crippen molar-refractivity contribution in [1.29, 1.82) is 0 Å². The molecule has 2 heterocycles. The maximum atomic E-state index is 10.1. The number of thiophene rings is 1. The third-order valence-corrected chi connectivity index (χ3v) is 3.92. The first-order chi connectivity index (χ1) is 7.18. The zero-order valence-corrected chi connectivity index (χ0v) is 10.5. The van der Waals surface area contributed by atoms with E-state index in [-0.39, 0.29) is 0 Å². The van der Waals surface area contributed by atoms with Crippen LogP contribution in [0.15, 0.2) is 33.6 Å². The highest BCUT2D eigenvalue weighted by atomic mass is 79.9. The molecule has 0 saturated carbocycles. The van der Waals surface area contributed by atoms with Gasteiger partial charge in [-0.05, 0) is 45.9 Å². The van der Waals surface area contributed by atoms with Gasteiger partial charge in [0.2, 0.25) is 0 Å². The van der Waals surface area contributed by atoms with Gasteiger partial charge in [-0.3, -0.25) is 4.98 Å². The SMILES string of the molecule is Cc1cc(C(O)c2cscc2Br)ccn1. The number of halogens is 1. The van der Waals surface area contributed by atoms with Gasteiger partial charge < -0.3 is 5.11 Å². The van der Waals surface area contributed by atoms with Crippen LogP contribution in [0.5, 0.6) is 0 Å². The molecule has 78 valence electrons. The van der Waals surface area contributed by atoms with Gasteiger partial charge in [0.1, 0.15) is 6.10 Å². The fourth-order valence-electron chi connectivity index (χ4n) is 1.40. The number of aryl methyl sites for hydroxylation is 1. The van der Waals surface area contributed by atoms with Crippen LogP contribution in [0.25, 0.3) is 0 Å². The van der Waals surface area contributed by atoms with Crippen molar-refractivity contribution in [3.05, 3.63) is 50.4 Å². The van der Waals surface area contributed by atoms with E-state index in [4.69, 9.17) is 0 Å². The number of aliphatic hydroxyl groups is 1. The molecule has 0 bridgehead atoms. The lowest BCUT2D eigenvalue weighted by Gasteiger charge is -2.10. The van der Waals surface area contributed by atoms with Crippen molar-refractivity contribution in [2.45, 2.75) is 13.0 Å². The van der Waals surface area contributed by atoms with Crippen LogP contribution in [0.3, 0.4) is 0 Å². The quantitative estimate of drug-likeness (QED) is 0.918. The lowest BCUT2D eigenvalue weighted by molar-refractivity contribution is 0.220. The molecule has 0 aromatic carbocycles. The summed E-state index contributed by atoms with van der Waals surface area (Å²) in [5, 5.41) is 14.0. The first kappa shape index (κ1) is 10.8. The van der Waals surface area contributed by atoms with E-state index in [0.717, 1.165) is 21.3 Å². The predicted molar refractivity (Wildman–Crippen MR) is 65.1 cm³/mol. The molecule has 2 rings (SSSR count). The first-order valence-electron chi connectivity index (χ1n) is 4.50. The van der Waals surface area contributed by atoms with Gasteiger partial charge in [0, 0.05) is 27.3 Å². The molecule has 1 atom stereocenters. The van der Waals surface area contributed by atoms with Gasteiger partial charge in [-0.15, -0.1) is 0 Å². The van der Waals surface area contributed by atoms with Crippen molar-refractivity contribution in [2.24, 2.45) is 0 Å². The van der Waals surface area contributed by atoms with Crippen molar-refractivity contribution < 1.29 is 5.11 Å². The number of pyridine rings is 1. The van der Waals surface area contributed by atoms with E-state index in [1.807, 2.05) is 29.8 Å². The summed E-state index contributed by atoms with van der Waals surface area (Å²) < 4.78 is 0.953. The molecule has 2 aromatic heterocycles. The highest BCUT2D eigenvalue weighted by molar-refractivity contribution is 9.10. The van der Waals surface area contributed by atoms with Crippen LogP contribution in [-0.4, -0.2) is 10.1 Å². The summed E-state index contributed by atoms with van der Waals surface area (Å²) in [5.74, 6) is 0. The van der Waals surface area contributed by atoms with Crippen molar-refractivity contribution in [3.8, 4) is 0 Å². The van der Waals surface area contributed by atoms with Crippen LogP contribution in [0, 0.1) is 6.92 Å². The number of rotatable bonds is 2. The van der Waals surface area contributed by atoms with E-state index in [1.54, 1.807) is 17.5 Å². The predicted octanol–water partition coefficient (Wildman–Crippen LogP) is 3.30. The average molecular weight is 284 g/mol. The third-order valence-electron chi connectivity index (χ3n) is 2.17. The molecule has 0 saturated heterocycles. The largest absolute Gasteiger partial charge is 0.384 e. The van der Waals surface area contributed by atoms with E-state index in [1.165, 1.54) is 0 Å². The Labute approximate surface area is 101 Å². The van der Waals surface area contributed by atoms with Crippen molar-refractivity contribution in [2.75, 3.05) is 0 Å². The minimum Gasteiger partial charge on any atom is -0.384 e. The van der Waals surface area contributed by atoms with E-state index in [2.05, 4.69) is 20.9 Å². The molecule has 2 aromatic rings. The van der Waals surface area contributed by atoms with Crippen LogP contribution in [0.4, 0.5) is 0 Å². The summed E-state index contributed by atoms with van der Waals surface area (Å²) in [4.78, 5) is 4.11. The van der Waals surface area contributed by atoms with Gasteiger partial charge in [0.25, 0.3) is 0 Å². The summed E-state index contributed by atoms with van der Waals surface area (Å²) in [6, 6.07) is 3.73. The summed E-state index contributed by atoms with van der Waals surface area (Å²) in [6.45, 7) is 1.92. The third kappa shape index (κ3) is 2.27. The van der Waals surface area contributed by atoms with Gasteiger partial charge in [0.05, 0.1) is 0 Å². The topological polar surface area (TPSA) is 33.1 Å². The number of hydrogen-bond acceptors (Lipinski definition) is 3. The Balaban J connectivity index is 2.36. The minimum atomic E-state index is -0.577. The molecular formula is C11H10BrNOS. The van der Waals surface area contributed by atoms with E-state index >= 15 is 0 Å². The number of aliphatic hydroxyl groups excluding tert-OH is 1. The van der Waals surface area contributed by atoms with Crippen LogP contribution in [0.1, 0.15) is 22.9 Å².